The Balaban J connectivity index is 1.90. The van der Waals surface area contributed by atoms with Gasteiger partial charge in [-0.1, -0.05) is 36.8 Å². The summed E-state index contributed by atoms with van der Waals surface area (Å²) in [6, 6.07) is 19.3. The third-order valence-corrected chi connectivity index (χ3v) is 8.35. The summed E-state index contributed by atoms with van der Waals surface area (Å²) in [6.45, 7) is 5.53. The van der Waals surface area contributed by atoms with Crippen molar-refractivity contribution >= 4 is 33.4 Å². The number of anilines is 1. The first-order chi connectivity index (χ1) is 16.7. The SMILES string of the molecule is CC[C@H](NC(=O)CN(c1ccc(C)cc1)S(=O)(=O)c1ccc(SC)cc1)c1ccc(OC)c(C)c1. The molecule has 3 aromatic rings. The van der Waals surface area contributed by atoms with Crippen molar-refractivity contribution in [2.45, 2.75) is 43.0 Å². The molecule has 186 valence electrons. The zero-order valence-electron chi connectivity index (χ0n) is 20.7. The fraction of sp³-hybridized carbons (Fsp3) is 0.296. The maximum Gasteiger partial charge on any atom is 0.264 e. The standard InChI is InChI=1S/C27H32N2O4S2/c1-6-25(21-9-16-26(33-4)20(3)17-21)28-27(30)18-29(22-10-7-19(2)8-11-22)35(31,32)24-14-12-23(34-5)13-15-24/h7-17,25H,6,18H2,1-5H3,(H,28,30)/t25-/m0/s1. The molecule has 0 bridgehead atoms. The highest BCUT2D eigenvalue weighted by molar-refractivity contribution is 7.98. The van der Waals surface area contributed by atoms with Crippen molar-refractivity contribution in [3.63, 3.8) is 0 Å². The summed E-state index contributed by atoms with van der Waals surface area (Å²) in [6.07, 6.45) is 2.59. The van der Waals surface area contributed by atoms with Crippen LogP contribution in [-0.4, -0.2) is 34.2 Å². The molecule has 0 aromatic heterocycles. The molecule has 0 aliphatic rings. The molecule has 3 aromatic carbocycles. The van der Waals surface area contributed by atoms with E-state index in [2.05, 4.69) is 5.32 Å². The molecule has 0 aliphatic carbocycles. The largest absolute Gasteiger partial charge is 0.496 e. The maximum atomic E-state index is 13.6. The number of benzene rings is 3. The van der Waals surface area contributed by atoms with E-state index in [0.717, 1.165) is 27.3 Å². The number of nitrogens with zero attached hydrogens (tertiary/aromatic N) is 1. The zero-order valence-corrected chi connectivity index (χ0v) is 22.4. The molecule has 6 nitrogen and oxygen atoms in total. The maximum absolute atomic E-state index is 13.6. The van der Waals surface area contributed by atoms with Gasteiger partial charge in [0.25, 0.3) is 10.0 Å². The summed E-state index contributed by atoms with van der Waals surface area (Å²) in [5.41, 5.74) is 3.35. The highest BCUT2D eigenvalue weighted by Crippen LogP contribution is 2.27. The van der Waals surface area contributed by atoms with Crippen molar-refractivity contribution in [3.05, 3.63) is 83.4 Å². The summed E-state index contributed by atoms with van der Waals surface area (Å²) in [5.74, 6) is 0.397. The van der Waals surface area contributed by atoms with Gasteiger partial charge in [0.1, 0.15) is 12.3 Å². The fourth-order valence-electron chi connectivity index (χ4n) is 3.81. The molecule has 3 rings (SSSR count). The Kier molecular flexibility index (Phi) is 8.86. The number of hydrogen-bond donors (Lipinski definition) is 1. The normalized spacial score (nSPS) is 12.1. The molecule has 35 heavy (non-hydrogen) atoms. The first-order valence-corrected chi connectivity index (χ1v) is 14.0. The number of thioether (sulfide) groups is 1. The van der Waals surface area contributed by atoms with Gasteiger partial charge in [0, 0.05) is 4.90 Å². The van der Waals surface area contributed by atoms with Crippen LogP contribution in [0.15, 0.2) is 76.5 Å². The second kappa shape index (κ2) is 11.6. The van der Waals surface area contributed by atoms with E-state index < -0.39 is 10.0 Å². The Labute approximate surface area is 212 Å². The average molecular weight is 513 g/mol. The monoisotopic (exact) mass is 512 g/mol. The molecule has 0 fully saturated rings. The minimum Gasteiger partial charge on any atom is -0.496 e. The molecule has 0 unspecified atom stereocenters. The number of amides is 1. The lowest BCUT2D eigenvalue weighted by Gasteiger charge is -2.26. The van der Waals surface area contributed by atoms with E-state index in [1.54, 1.807) is 43.5 Å². The Bertz CT molecular complexity index is 1260. The van der Waals surface area contributed by atoms with E-state index in [0.29, 0.717) is 12.1 Å². The Morgan fingerprint density at radius 1 is 1.03 bits per heavy atom. The van der Waals surface area contributed by atoms with Gasteiger partial charge < -0.3 is 10.1 Å². The van der Waals surface area contributed by atoms with Crippen molar-refractivity contribution < 1.29 is 17.9 Å². The third-order valence-electron chi connectivity index (χ3n) is 5.82. The highest BCUT2D eigenvalue weighted by Gasteiger charge is 2.28. The van der Waals surface area contributed by atoms with Crippen molar-refractivity contribution in [1.29, 1.82) is 0 Å². The van der Waals surface area contributed by atoms with E-state index in [-0.39, 0.29) is 23.4 Å². The van der Waals surface area contributed by atoms with E-state index in [1.165, 1.54) is 16.1 Å². The molecule has 0 saturated heterocycles. The second-order valence-corrected chi connectivity index (χ2v) is 11.0. The highest BCUT2D eigenvalue weighted by atomic mass is 32.2. The summed E-state index contributed by atoms with van der Waals surface area (Å²) in [5, 5.41) is 3.01. The summed E-state index contributed by atoms with van der Waals surface area (Å²) in [4.78, 5) is 14.3. The second-order valence-electron chi connectivity index (χ2n) is 8.28. The Morgan fingerprint density at radius 2 is 1.69 bits per heavy atom. The van der Waals surface area contributed by atoms with E-state index in [9.17, 15) is 13.2 Å². The quantitative estimate of drug-likeness (QED) is 0.363. The molecule has 0 aliphatic heterocycles. The molecule has 0 spiro atoms. The Morgan fingerprint density at radius 3 is 2.23 bits per heavy atom. The lowest BCUT2D eigenvalue weighted by Crippen LogP contribution is -2.42. The predicted octanol–water partition coefficient (Wildman–Crippen LogP) is 5.50. The molecule has 1 amide bonds. The van der Waals surface area contributed by atoms with Crippen LogP contribution in [0.5, 0.6) is 5.75 Å². The topological polar surface area (TPSA) is 75.7 Å². The number of carbonyl (C=O) groups excluding carboxylic acids is 1. The van der Waals surface area contributed by atoms with Gasteiger partial charge in [0.2, 0.25) is 5.91 Å². The summed E-state index contributed by atoms with van der Waals surface area (Å²) in [7, 11) is -2.34. The van der Waals surface area contributed by atoms with Gasteiger partial charge in [0.05, 0.1) is 23.7 Å². The number of nitrogens with one attached hydrogen (secondary N) is 1. The molecule has 0 saturated carbocycles. The predicted molar refractivity (Wildman–Crippen MR) is 143 cm³/mol. The molecule has 8 heteroatoms. The van der Waals surface area contributed by atoms with Gasteiger partial charge in [-0.2, -0.15) is 0 Å². The van der Waals surface area contributed by atoms with E-state index in [1.807, 2.05) is 57.4 Å². The number of carbonyl (C=O) groups is 1. The van der Waals surface area contributed by atoms with Crippen LogP contribution in [0.3, 0.4) is 0 Å². The van der Waals surface area contributed by atoms with Gasteiger partial charge in [-0.3, -0.25) is 9.10 Å². The fourth-order valence-corrected chi connectivity index (χ4v) is 5.64. The summed E-state index contributed by atoms with van der Waals surface area (Å²) >= 11 is 1.54. The van der Waals surface area contributed by atoms with Crippen LogP contribution in [0.2, 0.25) is 0 Å². The van der Waals surface area contributed by atoms with Crippen LogP contribution >= 0.6 is 11.8 Å². The minimum absolute atomic E-state index is 0.140. The van der Waals surface area contributed by atoms with Crippen LogP contribution in [0.4, 0.5) is 5.69 Å². The molecule has 0 heterocycles. The number of aryl methyl sites for hydroxylation is 2. The lowest BCUT2D eigenvalue weighted by atomic mass is 10.0. The van der Waals surface area contributed by atoms with Crippen molar-refractivity contribution in [2.75, 3.05) is 24.2 Å². The van der Waals surface area contributed by atoms with Gasteiger partial charge in [-0.15, -0.1) is 11.8 Å². The van der Waals surface area contributed by atoms with Crippen LogP contribution in [-0.2, 0) is 14.8 Å². The van der Waals surface area contributed by atoms with Crippen molar-refractivity contribution in [2.24, 2.45) is 0 Å². The number of ether oxygens (including phenoxy) is 1. The lowest BCUT2D eigenvalue weighted by molar-refractivity contribution is -0.120. The van der Waals surface area contributed by atoms with Crippen LogP contribution in [0.1, 0.15) is 36.1 Å². The smallest absolute Gasteiger partial charge is 0.264 e. The van der Waals surface area contributed by atoms with E-state index >= 15 is 0 Å². The van der Waals surface area contributed by atoms with Crippen molar-refractivity contribution in [3.8, 4) is 5.75 Å². The van der Waals surface area contributed by atoms with Gasteiger partial charge in [0.15, 0.2) is 0 Å². The third kappa shape index (κ3) is 6.38. The molecular formula is C27H32N2O4S2. The number of methoxy groups -OCH3 is 1. The average Bonchev–Trinajstić information content (AvgIpc) is 2.86. The van der Waals surface area contributed by atoms with Gasteiger partial charge in [-0.05, 0) is 80.1 Å². The minimum atomic E-state index is -3.96. The molecule has 1 N–H and O–H groups in total. The number of sulfonamides is 1. The molecule has 0 radical (unpaired) electrons. The molecular weight excluding hydrogens is 480 g/mol. The first-order valence-electron chi connectivity index (χ1n) is 11.4. The first kappa shape index (κ1) is 26.6. The van der Waals surface area contributed by atoms with E-state index in [4.69, 9.17) is 4.74 Å². The van der Waals surface area contributed by atoms with Crippen LogP contribution in [0.25, 0.3) is 0 Å². The Hall–Kier alpha value is -2.97. The summed E-state index contributed by atoms with van der Waals surface area (Å²) < 4.78 is 33.7. The van der Waals surface area contributed by atoms with Crippen LogP contribution in [0, 0.1) is 13.8 Å². The van der Waals surface area contributed by atoms with Gasteiger partial charge in [-0.25, -0.2) is 8.42 Å². The zero-order chi connectivity index (χ0) is 25.6. The number of hydrogen-bond acceptors (Lipinski definition) is 5. The van der Waals surface area contributed by atoms with Crippen molar-refractivity contribution in [1.82, 2.24) is 5.32 Å². The van der Waals surface area contributed by atoms with Crippen LogP contribution < -0.4 is 14.4 Å². The number of rotatable bonds is 10. The van der Waals surface area contributed by atoms with Gasteiger partial charge >= 0.3 is 0 Å². The molecule has 1 atom stereocenters.